The van der Waals surface area contributed by atoms with Gasteiger partial charge in [-0.15, -0.1) is 0 Å². The average Bonchev–Trinajstić information content (AvgIpc) is 2.80. The molecule has 1 aromatic heterocycles. The maximum atomic E-state index is 12.6. The third-order valence-corrected chi connectivity index (χ3v) is 5.47. The highest BCUT2D eigenvalue weighted by molar-refractivity contribution is 5.67. The Morgan fingerprint density at radius 1 is 0.833 bits per heavy atom. The molecule has 1 aliphatic rings. The second-order valence-electron chi connectivity index (χ2n) is 7.61. The van der Waals surface area contributed by atoms with Gasteiger partial charge in [-0.25, -0.2) is 4.79 Å². The molecule has 0 aliphatic carbocycles. The van der Waals surface area contributed by atoms with Gasteiger partial charge in [0.1, 0.15) is 6.61 Å². The third kappa shape index (κ3) is 5.45. The lowest BCUT2D eigenvalue weighted by atomic mass is 10.0. The zero-order chi connectivity index (χ0) is 20.6. The summed E-state index contributed by atoms with van der Waals surface area (Å²) in [6.45, 7) is 4.22. The minimum absolute atomic E-state index is 0.231. The van der Waals surface area contributed by atoms with Crippen LogP contribution < -0.4 is 0 Å². The predicted molar refractivity (Wildman–Crippen MR) is 117 cm³/mol. The van der Waals surface area contributed by atoms with Crippen molar-refractivity contribution in [2.75, 3.05) is 26.2 Å². The topological polar surface area (TPSA) is 45.7 Å². The van der Waals surface area contributed by atoms with E-state index in [1.165, 1.54) is 16.7 Å². The zero-order valence-electron chi connectivity index (χ0n) is 17.1. The Balaban J connectivity index is 1.27. The van der Waals surface area contributed by atoms with Crippen molar-refractivity contribution >= 4 is 6.09 Å². The average molecular weight is 402 g/mol. The summed E-state index contributed by atoms with van der Waals surface area (Å²) in [6.07, 6.45) is 4.29. The van der Waals surface area contributed by atoms with E-state index >= 15 is 0 Å². The van der Waals surface area contributed by atoms with E-state index in [1.54, 1.807) is 11.1 Å². The summed E-state index contributed by atoms with van der Waals surface area (Å²) in [7, 11) is 0. The van der Waals surface area contributed by atoms with E-state index in [9.17, 15) is 4.79 Å². The normalized spacial score (nSPS) is 14.5. The number of carbonyl (C=O) groups excluding carboxylic acids is 1. The lowest BCUT2D eigenvalue weighted by Crippen LogP contribution is -2.48. The van der Waals surface area contributed by atoms with Crippen molar-refractivity contribution in [2.45, 2.75) is 19.6 Å². The number of carbonyl (C=O) groups is 1. The van der Waals surface area contributed by atoms with Gasteiger partial charge in [0, 0.05) is 45.1 Å². The number of aromatic nitrogens is 1. The molecule has 1 fully saturated rings. The van der Waals surface area contributed by atoms with Crippen LogP contribution in [0.25, 0.3) is 0 Å². The summed E-state index contributed by atoms with van der Waals surface area (Å²) in [5.74, 6) is 0. The molecule has 0 saturated carbocycles. The molecule has 5 heteroatoms. The molecule has 0 bridgehead atoms. The number of amides is 1. The van der Waals surface area contributed by atoms with Crippen molar-refractivity contribution in [1.29, 1.82) is 0 Å². The molecule has 30 heavy (non-hydrogen) atoms. The molecule has 1 saturated heterocycles. The second-order valence-corrected chi connectivity index (χ2v) is 7.61. The van der Waals surface area contributed by atoms with E-state index in [2.05, 4.69) is 34.1 Å². The first kappa shape index (κ1) is 20.1. The van der Waals surface area contributed by atoms with Crippen LogP contribution in [0.4, 0.5) is 4.79 Å². The van der Waals surface area contributed by atoms with E-state index in [4.69, 9.17) is 4.74 Å². The van der Waals surface area contributed by atoms with Crippen LogP contribution in [0.15, 0.2) is 79.1 Å². The SMILES string of the molecule is O=C(OCc1ccccc1Cc1ccccc1)N1CCN(Cc2cccnc2)CC1. The number of rotatable bonds is 6. The molecule has 0 radical (unpaired) electrons. The van der Waals surface area contributed by atoms with Gasteiger partial charge in [-0.1, -0.05) is 60.7 Å². The Hall–Kier alpha value is -3.18. The smallest absolute Gasteiger partial charge is 0.410 e. The van der Waals surface area contributed by atoms with Crippen LogP contribution in [0.1, 0.15) is 22.3 Å². The van der Waals surface area contributed by atoms with Crippen LogP contribution in [0.5, 0.6) is 0 Å². The number of hydrogen-bond acceptors (Lipinski definition) is 4. The van der Waals surface area contributed by atoms with Gasteiger partial charge < -0.3 is 9.64 Å². The molecule has 5 nitrogen and oxygen atoms in total. The summed E-state index contributed by atoms with van der Waals surface area (Å²) in [5, 5.41) is 0. The molecule has 3 aromatic rings. The van der Waals surface area contributed by atoms with Crippen molar-refractivity contribution < 1.29 is 9.53 Å². The van der Waals surface area contributed by atoms with E-state index in [0.717, 1.165) is 31.6 Å². The predicted octanol–water partition coefficient (Wildman–Crippen LogP) is 4.13. The van der Waals surface area contributed by atoms with Crippen LogP contribution >= 0.6 is 0 Å². The van der Waals surface area contributed by atoms with Gasteiger partial charge in [0.15, 0.2) is 0 Å². The van der Waals surface area contributed by atoms with E-state index < -0.39 is 0 Å². The van der Waals surface area contributed by atoms with E-state index in [0.29, 0.717) is 19.7 Å². The molecule has 2 heterocycles. The maximum absolute atomic E-state index is 12.6. The van der Waals surface area contributed by atoms with Gasteiger partial charge in [-0.05, 0) is 34.7 Å². The summed E-state index contributed by atoms with van der Waals surface area (Å²) < 4.78 is 5.66. The number of ether oxygens (including phenoxy) is 1. The number of pyridine rings is 1. The number of hydrogen-bond donors (Lipinski definition) is 0. The zero-order valence-corrected chi connectivity index (χ0v) is 17.1. The third-order valence-electron chi connectivity index (χ3n) is 5.47. The number of piperazine rings is 1. The lowest BCUT2D eigenvalue weighted by Gasteiger charge is -2.34. The Kier molecular flexibility index (Phi) is 6.72. The first-order chi connectivity index (χ1) is 14.8. The maximum Gasteiger partial charge on any atom is 0.410 e. The Morgan fingerprint density at radius 3 is 2.27 bits per heavy atom. The van der Waals surface area contributed by atoms with E-state index in [-0.39, 0.29) is 6.09 Å². The van der Waals surface area contributed by atoms with Crippen molar-refractivity contribution in [2.24, 2.45) is 0 Å². The Bertz CT molecular complexity index is 939. The Labute approximate surface area is 177 Å². The molecular formula is C25H27N3O2. The minimum Gasteiger partial charge on any atom is -0.445 e. The van der Waals surface area contributed by atoms with Gasteiger partial charge in [0.05, 0.1) is 0 Å². The highest BCUT2D eigenvalue weighted by Crippen LogP contribution is 2.16. The highest BCUT2D eigenvalue weighted by atomic mass is 16.6. The summed E-state index contributed by atoms with van der Waals surface area (Å²) in [6, 6.07) is 22.6. The van der Waals surface area contributed by atoms with Crippen LogP contribution in [0.2, 0.25) is 0 Å². The first-order valence-electron chi connectivity index (χ1n) is 10.4. The standard InChI is InChI=1S/C25H27N3O2/c29-25(28-15-13-27(14-16-28)19-22-9-6-12-26-18-22)30-20-24-11-5-4-10-23(24)17-21-7-2-1-3-8-21/h1-12,18H,13-17,19-20H2. The molecule has 0 atom stereocenters. The molecule has 1 aliphatic heterocycles. The monoisotopic (exact) mass is 401 g/mol. The lowest BCUT2D eigenvalue weighted by molar-refractivity contribution is 0.0699. The van der Waals surface area contributed by atoms with Crippen LogP contribution in [-0.4, -0.2) is 47.1 Å². The quantitative estimate of drug-likeness (QED) is 0.623. The fourth-order valence-corrected chi connectivity index (χ4v) is 3.76. The molecule has 2 aromatic carbocycles. The first-order valence-corrected chi connectivity index (χ1v) is 10.4. The molecule has 1 amide bonds. The fourth-order valence-electron chi connectivity index (χ4n) is 3.76. The van der Waals surface area contributed by atoms with Crippen molar-refractivity contribution in [3.63, 3.8) is 0 Å². The number of nitrogens with zero attached hydrogens (tertiary/aromatic N) is 3. The molecule has 0 spiro atoms. The van der Waals surface area contributed by atoms with Crippen molar-refractivity contribution in [3.05, 3.63) is 101 Å². The van der Waals surface area contributed by atoms with E-state index in [1.807, 2.05) is 48.7 Å². The molecule has 4 rings (SSSR count). The van der Waals surface area contributed by atoms with Crippen molar-refractivity contribution in [3.8, 4) is 0 Å². The van der Waals surface area contributed by atoms with Crippen LogP contribution in [-0.2, 0) is 24.3 Å². The fraction of sp³-hybridized carbons (Fsp3) is 0.280. The van der Waals surface area contributed by atoms with Crippen molar-refractivity contribution in [1.82, 2.24) is 14.8 Å². The van der Waals surface area contributed by atoms with Crippen LogP contribution in [0, 0.1) is 0 Å². The van der Waals surface area contributed by atoms with Crippen LogP contribution in [0.3, 0.4) is 0 Å². The van der Waals surface area contributed by atoms with Gasteiger partial charge >= 0.3 is 6.09 Å². The van der Waals surface area contributed by atoms with Gasteiger partial charge in [-0.3, -0.25) is 9.88 Å². The molecular weight excluding hydrogens is 374 g/mol. The molecule has 0 unspecified atom stereocenters. The minimum atomic E-state index is -0.231. The highest BCUT2D eigenvalue weighted by Gasteiger charge is 2.22. The largest absolute Gasteiger partial charge is 0.445 e. The molecule has 0 N–H and O–H groups in total. The summed E-state index contributed by atoms with van der Waals surface area (Å²) in [4.78, 5) is 20.9. The Morgan fingerprint density at radius 2 is 1.53 bits per heavy atom. The molecule has 154 valence electrons. The summed E-state index contributed by atoms with van der Waals surface area (Å²) in [5.41, 5.74) is 4.70. The number of benzene rings is 2. The van der Waals surface area contributed by atoms with Gasteiger partial charge in [0.25, 0.3) is 0 Å². The second kappa shape index (κ2) is 10.0. The summed E-state index contributed by atoms with van der Waals surface area (Å²) >= 11 is 0. The van der Waals surface area contributed by atoms with Gasteiger partial charge in [-0.2, -0.15) is 0 Å². The van der Waals surface area contributed by atoms with Gasteiger partial charge in [0.2, 0.25) is 0 Å².